The molecule has 1 aliphatic rings. The summed E-state index contributed by atoms with van der Waals surface area (Å²) in [6, 6.07) is 12.4. The summed E-state index contributed by atoms with van der Waals surface area (Å²) in [5.41, 5.74) is 2.29. The van der Waals surface area contributed by atoms with Gasteiger partial charge < -0.3 is 10.6 Å². The fraction of sp³-hybridized carbons (Fsp3) is 0.188. The normalized spacial score (nSPS) is 17.1. The van der Waals surface area contributed by atoms with Crippen molar-refractivity contribution in [1.29, 1.82) is 0 Å². The van der Waals surface area contributed by atoms with Gasteiger partial charge in [0.05, 0.1) is 11.6 Å². The summed E-state index contributed by atoms with van der Waals surface area (Å²) in [6.07, 6.45) is 0. The van der Waals surface area contributed by atoms with Crippen molar-refractivity contribution in [1.82, 2.24) is 5.32 Å². The molecule has 21 heavy (non-hydrogen) atoms. The number of rotatable bonds is 2. The molecule has 2 aromatic carbocycles. The number of fused-ring (bicyclic) bond motifs is 1. The average Bonchev–Trinajstić information content (AvgIpc) is 2.50. The summed E-state index contributed by atoms with van der Waals surface area (Å²) in [4.78, 5) is 12.5. The highest BCUT2D eigenvalue weighted by Gasteiger charge is 2.26. The molecule has 3 nitrogen and oxygen atoms in total. The Morgan fingerprint density at radius 2 is 2.05 bits per heavy atom. The lowest BCUT2D eigenvalue weighted by molar-refractivity contribution is -0.117. The van der Waals surface area contributed by atoms with Crippen LogP contribution in [0.25, 0.3) is 0 Å². The molecule has 2 N–H and O–H groups in total. The first-order chi connectivity index (χ1) is 10.2. The zero-order chi connectivity index (χ0) is 14.8. The molecular weight excluding hydrogens is 335 g/mol. The molecule has 1 atom stereocenters. The van der Waals surface area contributed by atoms with Crippen molar-refractivity contribution in [3.05, 3.63) is 63.9 Å². The number of para-hydroxylation sites is 1. The standard InChI is InChI=1S/C16H14BrFN2O/c17-13-6-3-7-14(18)15(13)20-16(21)12-9-19-8-10-4-1-2-5-11(10)12/h1-7,12,19H,8-9H2,(H,20,21). The number of hydrogen-bond acceptors (Lipinski definition) is 2. The van der Waals surface area contributed by atoms with Crippen LogP contribution in [0.4, 0.5) is 10.1 Å². The van der Waals surface area contributed by atoms with E-state index in [4.69, 9.17) is 0 Å². The van der Waals surface area contributed by atoms with E-state index < -0.39 is 5.82 Å². The molecule has 0 aromatic heterocycles. The lowest BCUT2D eigenvalue weighted by Crippen LogP contribution is -2.35. The van der Waals surface area contributed by atoms with Crippen LogP contribution in [0, 0.1) is 5.82 Å². The lowest BCUT2D eigenvalue weighted by Gasteiger charge is -2.25. The fourth-order valence-electron chi connectivity index (χ4n) is 2.56. The minimum atomic E-state index is -0.449. The number of benzene rings is 2. The van der Waals surface area contributed by atoms with Crippen molar-refractivity contribution in [3.8, 4) is 0 Å². The van der Waals surface area contributed by atoms with E-state index in [1.165, 1.54) is 6.07 Å². The monoisotopic (exact) mass is 348 g/mol. The van der Waals surface area contributed by atoms with Crippen molar-refractivity contribution in [2.45, 2.75) is 12.5 Å². The second-order valence-corrected chi connectivity index (χ2v) is 5.82. The molecule has 1 heterocycles. The topological polar surface area (TPSA) is 41.1 Å². The molecule has 1 aliphatic heterocycles. The lowest BCUT2D eigenvalue weighted by atomic mass is 9.90. The molecule has 108 valence electrons. The molecule has 0 saturated carbocycles. The molecule has 3 rings (SSSR count). The highest BCUT2D eigenvalue weighted by molar-refractivity contribution is 9.10. The molecule has 0 saturated heterocycles. The quantitative estimate of drug-likeness (QED) is 0.873. The highest BCUT2D eigenvalue weighted by atomic mass is 79.9. The number of hydrogen-bond donors (Lipinski definition) is 2. The van der Waals surface area contributed by atoms with Crippen LogP contribution in [0.3, 0.4) is 0 Å². The van der Waals surface area contributed by atoms with Gasteiger partial charge in [0.15, 0.2) is 0 Å². The van der Waals surface area contributed by atoms with E-state index in [1.54, 1.807) is 12.1 Å². The fourth-order valence-corrected chi connectivity index (χ4v) is 3.00. The van der Waals surface area contributed by atoms with Crippen LogP contribution in [0.2, 0.25) is 0 Å². The number of halogens is 2. The van der Waals surface area contributed by atoms with Crippen LogP contribution in [-0.4, -0.2) is 12.5 Å². The molecule has 0 spiro atoms. The predicted molar refractivity (Wildman–Crippen MR) is 83.6 cm³/mol. The van der Waals surface area contributed by atoms with Gasteiger partial charge in [-0.1, -0.05) is 30.3 Å². The van der Waals surface area contributed by atoms with E-state index >= 15 is 0 Å². The second-order valence-electron chi connectivity index (χ2n) is 4.97. The Balaban J connectivity index is 1.87. The number of anilines is 1. The van der Waals surface area contributed by atoms with Crippen LogP contribution >= 0.6 is 15.9 Å². The van der Waals surface area contributed by atoms with Crippen LogP contribution in [-0.2, 0) is 11.3 Å². The van der Waals surface area contributed by atoms with Gasteiger partial charge in [0, 0.05) is 17.6 Å². The van der Waals surface area contributed by atoms with Gasteiger partial charge in [-0.05, 0) is 39.2 Å². The Morgan fingerprint density at radius 1 is 1.24 bits per heavy atom. The zero-order valence-electron chi connectivity index (χ0n) is 11.2. The molecule has 5 heteroatoms. The third-order valence-corrected chi connectivity index (χ3v) is 4.28. The Kier molecular flexibility index (Phi) is 4.03. The molecule has 0 bridgehead atoms. The molecule has 0 fully saturated rings. The van der Waals surface area contributed by atoms with Gasteiger partial charge >= 0.3 is 0 Å². The average molecular weight is 349 g/mol. The molecule has 1 unspecified atom stereocenters. The van der Waals surface area contributed by atoms with Crippen molar-refractivity contribution >= 4 is 27.5 Å². The minimum absolute atomic E-state index is 0.186. The molecular formula is C16H14BrFN2O. The largest absolute Gasteiger partial charge is 0.322 e. The van der Waals surface area contributed by atoms with E-state index in [9.17, 15) is 9.18 Å². The van der Waals surface area contributed by atoms with Crippen molar-refractivity contribution in [3.63, 3.8) is 0 Å². The molecule has 2 aromatic rings. The van der Waals surface area contributed by atoms with Gasteiger partial charge in [-0.15, -0.1) is 0 Å². The Morgan fingerprint density at radius 3 is 2.86 bits per heavy atom. The van der Waals surface area contributed by atoms with E-state index in [1.807, 2.05) is 24.3 Å². The maximum atomic E-state index is 13.8. The maximum Gasteiger partial charge on any atom is 0.233 e. The molecule has 1 amide bonds. The molecule has 0 aliphatic carbocycles. The Bertz CT molecular complexity index is 669. The first-order valence-corrected chi connectivity index (χ1v) is 7.49. The van der Waals surface area contributed by atoms with Crippen LogP contribution in [0.1, 0.15) is 17.0 Å². The number of carbonyl (C=O) groups excluding carboxylic acids is 1. The Hall–Kier alpha value is -1.72. The summed E-state index contributed by atoms with van der Waals surface area (Å²) in [5.74, 6) is -0.975. The third-order valence-electron chi connectivity index (χ3n) is 3.62. The first-order valence-electron chi connectivity index (χ1n) is 6.70. The van der Waals surface area contributed by atoms with Crippen molar-refractivity contribution in [2.24, 2.45) is 0 Å². The van der Waals surface area contributed by atoms with E-state index in [2.05, 4.69) is 26.6 Å². The summed E-state index contributed by atoms with van der Waals surface area (Å²) in [5, 5.41) is 5.91. The number of amides is 1. The SMILES string of the molecule is O=C(Nc1c(F)cccc1Br)C1CNCc2ccccc21. The smallest absolute Gasteiger partial charge is 0.233 e. The summed E-state index contributed by atoms with van der Waals surface area (Å²) in [6.45, 7) is 1.30. The van der Waals surface area contributed by atoms with Gasteiger partial charge in [0.25, 0.3) is 0 Å². The highest BCUT2D eigenvalue weighted by Crippen LogP contribution is 2.29. The number of carbonyl (C=O) groups is 1. The summed E-state index contributed by atoms with van der Waals surface area (Å²) < 4.78 is 14.3. The molecule has 0 radical (unpaired) electrons. The van der Waals surface area contributed by atoms with E-state index in [0.717, 1.165) is 17.7 Å². The van der Waals surface area contributed by atoms with Crippen LogP contribution in [0.5, 0.6) is 0 Å². The van der Waals surface area contributed by atoms with Gasteiger partial charge in [0.1, 0.15) is 5.82 Å². The minimum Gasteiger partial charge on any atom is -0.322 e. The second kappa shape index (κ2) is 5.95. The predicted octanol–water partition coefficient (Wildman–Crippen LogP) is 3.41. The first kappa shape index (κ1) is 14.2. The van der Waals surface area contributed by atoms with Gasteiger partial charge in [0.2, 0.25) is 5.91 Å². The van der Waals surface area contributed by atoms with E-state index in [0.29, 0.717) is 11.0 Å². The number of nitrogens with one attached hydrogen (secondary N) is 2. The summed E-state index contributed by atoms with van der Waals surface area (Å²) >= 11 is 3.26. The van der Waals surface area contributed by atoms with Crippen molar-refractivity contribution < 1.29 is 9.18 Å². The van der Waals surface area contributed by atoms with Gasteiger partial charge in [-0.3, -0.25) is 4.79 Å². The van der Waals surface area contributed by atoms with Gasteiger partial charge in [-0.25, -0.2) is 4.39 Å². The summed E-state index contributed by atoms with van der Waals surface area (Å²) in [7, 11) is 0. The Labute approximate surface area is 130 Å². The third kappa shape index (κ3) is 2.84. The van der Waals surface area contributed by atoms with Crippen molar-refractivity contribution in [2.75, 3.05) is 11.9 Å². The van der Waals surface area contributed by atoms with Crippen LogP contribution in [0.15, 0.2) is 46.9 Å². The van der Waals surface area contributed by atoms with Gasteiger partial charge in [-0.2, -0.15) is 0 Å². The van der Waals surface area contributed by atoms with Crippen LogP contribution < -0.4 is 10.6 Å². The van der Waals surface area contributed by atoms with E-state index in [-0.39, 0.29) is 17.5 Å². The maximum absolute atomic E-state index is 13.8. The zero-order valence-corrected chi connectivity index (χ0v) is 12.8.